The van der Waals surface area contributed by atoms with Gasteiger partial charge in [-0.1, -0.05) is 0 Å². The summed E-state index contributed by atoms with van der Waals surface area (Å²) in [5, 5.41) is 0. The maximum Gasteiger partial charge on any atom is 0.364 e. The molecule has 26 heavy (non-hydrogen) atoms. The number of fused-ring (bicyclic) bond motifs is 3. The third-order valence-electron chi connectivity index (χ3n) is 5.00. The quantitative estimate of drug-likeness (QED) is 0.707. The van der Waals surface area contributed by atoms with Crippen LogP contribution in [-0.2, 0) is 20.1 Å². The predicted octanol–water partition coefficient (Wildman–Crippen LogP) is 0.886. The van der Waals surface area contributed by atoms with E-state index in [4.69, 9.17) is 4.74 Å². The molecule has 0 saturated heterocycles. The Morgan fingerprint density at radius 3 is 2.62 bits per heavy atom. The minimum Gasteiger partial charge on any atom is -0.497 e. The molecule has 0 atom stereocenters. The van der Waals surface area contributed by atoms with Gasteiger partial charge < -0.3 is 4.74 Å². The molecule has 4 rings (SSSR count). The van der Waals surface area contributed by atoms with Crippen LogP contribution in [0.4, 0.5) is 11.6 Å². The lowest BCUT2D eigenvalue weighted by atomic mass is 10.2. The van der Waals surface area contributed by atoms with Gasteiger partial charge in [0.2, 0.25) is 11.2 Å². The van der Waals surface area contributed by atoms with Gasteiger partial charge in [0.15, 0.2) is 0 Å². The fourth-order valence-electron chi connectivity index (χ4n) is 3.63. The molecule has 0 amide bonds. The van der Waals surface area contributed by atoms with E-state index in [0.29, 0.717) is 17.7 Å². The molecule has 1 aliphatic heterocycles. The van der Waals surface area contributed by atoms with Crippen molar-refractivity contribution in [1.82, 2.24) is 14.1 Å². The van der Waals surface area contributed by atoms with Crippen molar-refractivity contribution >= 4 is 22.8 Å². The van der Waals surface area contributed by atoms with E-state index in [1.54, 1.807) is 14.2 Å². The number of hydrogen-bond donors (Lipinski definition) is 1. The van der Waals surface area contributed by atoms with Crippen molar-refractivity contribution in [2.75, 3.05) is 18.6 Å². The summed E-state index contributed by atoms with van der Waals surface area (Å²) in [4.78, 5) is 30.7. The molecule has 8 heteroatoms. The van der Waals surface area contributed by atoms with Crippen LogP contribution in [0.15, 0.2) is 33.9 Å². The molecule has 1 N–H and O–H groups in total. The van der Waals surface area contributed by atoms with Crippen LogP contribution in [0.5, 0.6) is 5.75 Å². The Hall–Kier alpha value is -3.03. The molecule has 1 aliphatic rings. The van der Waals surface area contributed by atoms with Gasteiger partial charge >= 0.3 is 11.6 Å². The highest BCUT2D eigenvalue weighted by Gasteiger charge is 2.33. The lowest BCUT2D eigenvalue weighted by molar-refractivity contribution is -0.663. The SMILES string of the molecule is CCn1c(=O)c2c([nH]c3[n+]2CCCN3c2ccc(OC)cc2)n(C)c1=O. The molecule has 8 nitrogen and oxygen atoms in total. The fraction of sp³-hybridized carbons (Fsp3) is 0.389. The molecule has 0 bridgehead atoms. The zero-order chi connectivity index (χ0) is 18.4. The van der Waals surface area contributed by atoms with Crippen LogP contribution in [0.2, 0.25) is 0 Å². The molecule has 2 aromatic heterocycles. The Kier molecular flexibility index (Phi) is 3.82. The molecule has 0 unspecified atom stereocenters. The van der Waals surface area contributed by atoms with E-state index in [1.165, 1.54) is 9.13 Å². The van der Waals surface area contributed by atoms with Crippen molar-refractivity contribution in [3.63, 3.8) is 0 Å². The van der Waals surface area contributed by atoms with Gasteiger partial charge in [0.25, 0.3) is 5.56 Å². The number of imidazole rings is 1. The molecule has 0 fully saturated rings. The third-order valence-corrected chi connectivity index (χ3v) is 5.00. The summed E-state index contributed by atoms with van der Waals surface area (Å²) < 4.78 is 10.00. The maximum atomic E-state index is 12.9. The van der Waals surface area contributed by atoms with Gasteiger partial charge in [-0.05, 0) is 31.2 Å². The van der Waals surface area contributed by atoms with E-state index >= 15 is 0 Å². The van der Waals surface area contributed by atoms with Crippen molar-refractivity contribution in [3.8, 4) is 5.75 Å². The Morgan fingerprint density at radius 2 is 1.96 bits per heavy atom. The van der Waals surface area contributed by atoms with E-state index in [2.05, 4.69) is 9.88 Å². The molecule has 1 aromatic carbocycles. The zero-order valence-corrected chi connectivity index (χ0v) is 15.2. The van der Waals surface area contributed by atoms with Crippen LogP contribution >= 0.6 is 0 Å². The largest absolute Gasteiger partial charge is 0.497 e. The first-order valence-electron chi connectivity index (χ1n) is 8.73. The normalized spacial score (nSPS) is 13.9. The molecular formula is C18H22N5O3+. The van der Waals surface area contributed by atoms with Crippen molar-refractivity contribution < 1.29 is 9.30 Å². The Morgan fingerprint density at radius 1 is 1.23 bits per heavy atom. The lowest BCUT2D eigenvalue weighted by Crippen LogP contribution is -2.49. The van der Waals surface area contributed by atoms with Gasteiger partial charge in [-0.3, -0.25) is 13.9 Å². The first-order valence-corrected chi connectivity index (χ1v) is 8.73. The number of H-pyrrole nitrogens is 1. The molecule has 0 radical (unpaired) electrons. The highest BCUT2D eigenvalue weighted by Crippen LogP contribution is 2.27. The summed E-state index contributed by atoms with van der Waals surface area (Å²) in [7, 11) is 3.33. The molecule has 0 saturated carbocycles. The number of hydrogen-bond acceptors (Lipinski definition) is 4. The second kappa shape index (κ2) is 6.05. The lowest BCUT2D eigenvalue weighted by Gasteiger charge is -2.22. The van der Waals surface area contributed by atoms with E-state index in [1.807, 2.05) is 35.8 Å². The van der Waals surface area contributed by atoms with Crippen LogP contribution < -0.4 is 25.5 Å². The minimum absolute atomic E-state index is 0.246. The third kappa shape index (κ3) is 2.25. The van der Waals surface area contributed by atoms with Crippen LogP contribution in [-0.4, -0.2) is 27.8 Å². The van der Waals surface area contributed by atoms with E-state index < -0.39 is 0 Å². The maximum absolute atomic E-state index is 12.9. The second-order valence-electron chi connectivity index (χ2n) is 6.39. The highest BCUT2D eigenvalue weighted by atomic mass is 16.5. The first-order chi connectivity index (χ1) is 12.6. The number of aryl methyl sites for hydroxylation is 2. The fourth-order valence-corrected chi connectivity index (χ4v) is 3.63. The van der Waals surface area contributed by atoms with Gasteiger partial charge in [-0.15, -0.1) is 0 Å². The van der Waals surface area contributed by atoms with Crippen molar-refractivity contribution in [1.29, 1.82) is 0 Å². The number of methoxy groups -OCH3 is 1. The summed E-state index contributed by atoms with van der Waals surface area (Å²) in [5.41, 5.74) is 1.55. The summed E-state index contributed by atoms with van der Waals surface area (Å²) in [5.74, 6) is 1.61. The van der Waals surface area contributed by atoms with Gasteiger partial charge in [0.05, 0.1) is 20.2 Å². The second-order valence-corrected chi connectivity index (χ2v) is 6.39. The molecule has 0 spiro atoms. The van der Waals surface area contributed by atoms with Gasteiger partial charge in [0, 0.05) is 20.0 Å². The average molecular weight is 356 g/mol. The Bertz CT molecular complexity index is 1090. The van der Waals surface area contributed by atoms with Crippen LogP contribution in [0.1, 0.15) is 13.3 Å². The summed E-state index contributed by atoms with van der Waals surface area (Å²) in [6.07, 6.45) is 0.908. The van der Waals surface area contributed by atoms with Crippen LogP contribution in [0, 0.1) is 0 Å². The van der Waals surface area contributed by atoms with Crippen molar-refractivity contribution in [2.45, 2.75) is 26.4 Å². The molecular weight excluding hydrogens is 334 g/mol. The predicted molar refractivity (Wildman–Crippen MR) is 98.3 cm³/mol. The van der Waals surface area contributed by atoms with E-state index in [9.17, 15) is 9.59 Å². The monoisotopic (exact) mass is 356 g/mol. The summed E-state index contributed by atoms with van der Waals surface area (Å²) >= 11 is 0. The van der Waals surface area contributed by atoms with E-state index in [0.717, 1.165) is 36.9 Å². The van der Waals surface area contributed by atoms with Crippen molar-refractivity contribution in [2.24, 2.45) is 7.05 Å². The van der Waals surface area contributed by atoms with Crippen LogP contribution in [0.25, 0.3) is 11.2 Å². The Labute approximate surface area is 149 Å². The standard InChI is InChI=1S/C18H21N5O3/c1-4-21-16(24)14-15(20(2)18(21)25)19-17-22(10-5-11-23(14)17)12-6-8-13(26-3)9-7-12/h6-9H,4-5,10-11H2,1-3H3/p+1. The first kappa shape index (κ1) is 16.4. The van der Waals surface area contributed by atoms with Gasteiger partial charge in [-0.2, -0.15) is 0 Å². The average Bonchev–Trinajstić information content (AvgIpc) is 3.07. The summed E-state index contributed by atoms with van der Waals surface area (Å²) in [6, 6.07) is 7.81. The van der Waals surface area contributed by atoms with Gasteiger partial charge in [0.1, 0.15) is 11.4 Å². The number of aromatic amines is 1. The Balaban J connectivity index is 1.95. The highest BCUT2D eigenvalue weighted by molar-refractivity contribution is 5.70. The van der Waals surface area contributed by atoms with E-state index in [-0.39, 0.29) is 11.2 Å². The van der Waals surface area contributed by atoms with Gasteiger partial charge in [-0.25, -0.2) is 19.2 Å². The minimum atomic E-state index is -0.305. The number of ether oxygens (including phenoxy) is 1. The number of aromatic nitrogens is 4. The number of rotatable bonds is 3. The zero-order valence-electron chi connectivity index (χ0n) is 15.2. The number of benzene rings is 1. The molecule has 3 aromatic rings. The van der Waals surface area contributed by atoms with Crippen LogP contribution in [0.3, 0.4) is 0 Å². The summed E-state index contributed by atoms with van der Waals surface area (Å²) in [6.45, 7) is 3.72. The molecule has 3 heterocycles. The molecule has 0 aliphatic carbocycles. The number of anilines is 2. The topological polar surface area (TPSA) is 76.1 Å². The number of nitrogens with zero attached hydrogens (tertiary/aromatic N) is 4. The molecule has 136 valence electrons. The van der Waals surface area contributed by atoms with Crippen molar-refractivity contribution in [3.05, 3.63) is 45.1 Å². The number of nitrogens with one attached hydrogen (secondary N) is 1. The smallest absolute Gasteiger partial charge is 0.364 e.